The number of carbonyl (C=O) groups is 2. The number of aliphatic hydroxyl groups is 1. The zero-order valence-electron chi connectivity index (χ0n) is 44.5. The lowest BCUT2D eigenvalue weighted by atomic mass is 9.91. The van der Waals surface area contributed by atoms with Crippen LogP contribution in [0.2, 0.25) is 0 Å². The largest absolute Gasteiger partial charge is 0.507 e. The number of pyridine rings is 3. The highest BCUT2D eigenvalue weighted by Crippen LogP contribution is 2.47. The zero-order valence-corrected chi connectivity index (χ0v) is 45.3. The molecular weight excluding hydrogens is 1020 g/mol. The van der Waals surface area contributed by atoms with Crippen LogP contribution in [0.15, 0.2) is 101 Å². The van der Waals surface area contributed by atoms with Crippen molar-refractivity contribution in [3.05, 3.63) is 120 Å². The molecule has 2 amide bonds. The van der Waals surface area contributed by atoms with E-state index in [1.54, 1.807) is 36.1 Å². The number of rotatable bonds is 18. The predicted octanol–water partition coefficient (Wildman–Crippen LogP) is 7.64. The lowest BCUT2D eigenvalue weighted by molar-refractivity contribution is -0.141. The summed E-state index contributed by atoms with van der Waals surface area (Å²) in [7, 11) is 0. The number of phenols is 1. The first kappa shape index (κ1) is 51.8. The van der Waals surface area contributed by atoms with Gasteiger partial charge in [0.2, 0.25) is 17.7 Å². The minimum Gasteiger partial charge on any atom is -0.507 e. The Balaban J connectivity index is 0.588. The maximum atomic E-state index is 14.3. The van der Waals surface area contributed by atoms with Gasteiger partial charge in [-0.1, -0.05) is 32.0 Å². The molecule has 12 rings (SSSR count). The van der Waals surface area contributed by atoms with E-state index in [0.717, 1.165) is 84.1 Å². The summed E-state index contributed by atoms with van der Waals surface area (Å²) in [6, 6.07) is 21.9. The molecule has 410 valence electrons. The molecule has 7 aromatic rings. The number of aryl methyl sites for hydroxylation is 1. The number of anilines is 3. The van der Waals surface area contributed by atoms with E-state index in [9.17, 15) is 19.8 Å². The van der Waals surface area contributed by atoms with Crippen LogP contribution in [0.5, 0.6) is 23.3 Å². The van der Waals surface area contributed by atoms with Crippen LogP contribution in [0.25, 0.3) is 21.8 Å². The number of likely N-dealkylation sites (tertiary alicyclic amines) is 1. The molecule has 3 saturated heterocycles. The fourth-order valence-electron chi connectivity index (χ4n) is 11.8. The molecule has 20 nitrogen and oxygen atoms in total. The van der Waals surface area contributed by atoms with Crippen LogP contribution >= 0.6 is 11.3 Å². The van der Waals surface area contributed by atoms with Crippen LogP contribution in [-0.2, 0) is 9.59 Å². The van der Waals surface area contributed by atoms with Crippen LogP contribution in [0.1, 0.15) is 99.9 Å². The standard InChI is InChI=1S/C58H64N12O8S/c1-31(2)54(58(74)69-28-39(71)19-49(69)57(73)64-32(3)34-9-13-46(61-24-34)55-33(4)63-30-79-55)51-23-53(67-78-51)75-29-35-17-44(35)45-14-12-40(25-62-45)76-41-20-42(21-41)77-52-18-36(15-16-60-52)70-37-10-11-38(70)27-68(26-37)48-22-47(65-66-56(48)59)43-7-5-6-8-50(43)72/h5-9,12-16,18,22-25,30-32,35,37-39,41-42,44,49,54,71-72H,10-11,17,19-21,26-29H2,1-4H3,(H2,59,66)(H,64,73)/t32-,35-,37+,38?,39+,41?,42?,44+,49-,54+/m0/s1. The van der Waals surface area contributed by atoms with Gasteiger partial charge in [0.15, 0.2) is 11.6 Å². The number of aromatic hydroxyl groups is 1. The molecule has 2 saturated carbocycles. The van der Waals surface area contributed by atoms with Crippen molar-refractivity contribution < 1.29 is 38.5 Å². The average Bonchev–Trinajstić information content (AvgIpc) is 3.89. The van der Waals surface area contributed by atoms with Gasteiger partial charge < -0.3 is 54.7 Å². The van der Waals surface area contributed by atoms with Crippen LogP contribution in [0.3, 0.4) is 0 Å². The van der Waals surface area contributed by atoms with Crippen molar-refractivity contribution in [1.29, 1.82) is 0 Å². The van der Waals surface area contributed by atoms with Gasteiger partial charge in [-0.05, 0) is 92.2 Å². The number of phenolic OH excluding ortho intramolecular Hbond substituents is 1. The third-order valence-electron chi connectivity index (χ3n) is 16.2. The number of piperazine rings is 1. The van der Waals surface area contributed by atoms with Crippen molar-refractivity contribution in [3.63, 3.8) is 0 Å². The van der Waals surface area contributed by atoms with Gasteiger partial charge in [0.25, 0.3) is 5.88 Å². The molecule has 1 aromatic carbocycles. The van der Waals surface area contributed by atoms with Crippen LogP contribution in [0.4, 0.5) is 17.2 Å². The molecule has 0 radical (unpaired) electrons. The topological polar surface area (TPSA) is 253 Å². The Kier molecular flexibility index (Phi) is 14.3. The molecule has 6 aromatic heterocycles. The minimum absolute atomic E-state index is 0.00825. The number of thiazole rings is 1. The number of hydrogen-bond acceptors (Lipinski definition) is 19. The number of aromatic nitrogens is 7. The first-order valence-corrected chi connectivity index (χ1v) is 28.1. The van der Waals surface area contributed by atoms with Crippen molar-refractivity contribution in [2.45, 2.75) is 121 Å². The number of fused-ring (bicyclic) bond motifs is 2. The molecule has 8 atom stereocenters. The van der Waals surface area contributed by atoms with Crippen molar-refractivity contribution in [3.8, 4) is 45.1 Å². The van der Waals surface area contributed by atoms with Gasteiger partial charge in [-0.3, -0.25) is 19.6 Å². The normalized spacial score (nSPS) is 24.0. The first-order chi connectivity index (χ1) is 38.3. The van der Waals surface area contributed by atoms with Gasteiger partial charge in [-0.2, -0.15) is 0 Å². The van der Waals surface area contributed by atoms with Crippen LogP contribution < -0.4 is 35.1 Å². The fourth-order valence-corrected chi connectivity index (χ4v) is 12.6. The molecule has 2 aliphatic carbocycles. The van der Waals surface area contributed by atoms with Gasteiger partial charge in [0, 0.05) is 104 Å². The van der Waals surface area contributed by atoms with Crippen molar-refractivity contribution in [1.82, 2.24) is 45.5 Å². The van der Waals surface area contributed by atoms with E-state index in [4.69, 9.17) is 29.5 Å². The monoisotopic (exact) mass is 1090 g/mol. The predicted molar refractivity (Wildman–Crippen MR) is 295 cm³/mol. The number of benzene rings is 1. The summed E-state index contributed by atoms with van der Waals surface area (Å²) < 4.78 is 24.5. The number of hydrogen-bond donors (Lipinski definition) is 4. The zero-order chi connectivity index (χ0) is 54.5. The molecule has 2 bridgehead atoms. The van der Waals surface area contributed by atoms with E-state index in [0.29, 0.717) is 41.1 Å². The molecular formula is C58H64N12O8S. The van der Waals surface area contributed by atoms with Gasteiger partial charge in [0.05, 0.1) is 58.1 Å². The van der Waals surface area contributed by atoms with Gasteiger partial charge in [0.1, 0.15) is 35.7 Å². The second kappa shape index (κ2) is 21.7. The minimum atomic E-state index is -0.860. The quantitative estimate of drug-likeness (QED) is 0.0644. The third-order valence-corrected chi connectivity index (χ3v) is 17.2. The van der Waals surface area contributed by atoms with Crippen LogP contribution in [-0.4, -0.2) is 125 Å². The molecule has 9 heterocycles. The summed E-state index contributed by atoms with van der Waals surface area (Å²) in [4.78, 5) is 53.5. The Morgan fingerprint density at radius 2 is 1.67 bits per heavy atom. The van der Waals surface area contributed by atoms with E-state index >= 15 is 0 Å². The van der Waals surface area contributed by atoms with Gasteiger partial charge in [-0.15, -0.1) is 21.5 Å². The lowest BCUT2D eigenvalue weighted by Gasteiger charge is -2.43. The van der Waals surface area contributed by atoms with E-state index in [2.05, 4.69) is 57.6 Å². The Hall–Kier alpha value is -7.91. The first-order valence-electron chi connectivity index (χ1n) is 27.2. The Bertz CT molecular complexity index is 3300. The van der Waals surface area contributed by atoms with Crippen molar-refractivity contribution >= 4 is 40.3 Å². The van der Waals surface area contributed by atoms with Crippen LogP contribution in [0, 0.1) is 18.8 Å². The molecule has 1 unspecified atom stereocenters. The number of nitrogens with two attached hydrogens (primary N) is 1. The summed E-state index contributed by atoms with van der Waals surface area (Å²) in [6.07, 6.45) is 9.12. The van der Waals surface area contributed by atoms with Gasteiger partial charge >= 0.3 is 0 Å². The van der Waals surface area contributed by atoms with E-state index in [1.807, 2.05) is 76.4 Å². The summed E-state index contributed by atoms with van der Waals surface area (Å²) >= 11 is 1.53. The smallest absolute Gasteiger partial charge is 0.254 e. The summed E-state index contributed by atoms with van der Waals surface area (Å²) in [5, 5.41) is 36.9. The van der Waals surface area contributed by atoms with Gasteiger partial charge in [-0.25, -0.2) is 9.97 Å². The second-order valence-corrected chi connectivity index (χ2v) is 22.9. The average molecular weight is 1090 g/mol. The fraction of sp³-hybridized carbons (Fsp3) is 0.431. The number of nitrogens with zero attached hydrogens (tertiary/aromatic N) is 10. The second-order valence-electron chi connectivity index (χ2n) is 22.0. The number of nitrogens with one attached hydrogen (secondary N) is 1. The third kappa shape index (κ3) is 10.8. The highest BCUT2D eigenvalue weighted by atomic mass is 32.1. The molecule has 79 heavy (non-hydrogen) atoms. The SMILES string of the molecule is Cc1ncsc1-c1ccc([C@H](C)NC(=O)[C@@H]2C[C@@H](O)CN2C(=O)[C@@H](c2cc(OC[C@@H]3C[C@H]3c3ccc(OC4CC(Oc5cc(N6C7CC[C@@H]6CN(c6cc(-c8ccccc8O)nnc6N)C7)ccn5)C4)cn3)no2)C(C)C)cn1. The molecule has 21 heteroatoms. The number of aliphatic hydroxyl groups excluding tert-OH is 1. The van der Waals surface area contributed by atoms with E-state index < -0.39 is 18.1 Å². The number of nitrogen functional groups attached to an aromatic ring is 1. The Morgan fingerprint density at radius 3 is 2.41 bits per heavy atom. The Morgan fingerprint density at radius 1 is 0.861 bits per heavy atom. The molecule has 3 aliphatic heterocycles. The summed E-state index contributed by atoms with van der Waals surface area (Å²) in [5.74, 6) is 1.32. The molecule has 0 spiro atoms. The molecule has 5 N–H and O–H groups in total. The summed E-state index contributed by atoms with van der Waals surface area (Å²) in [6.45, 7) is 9.63. The summed E-state index contributed by atoms with van der Waals surface area (Å²) in [5.41, 5.74) is 14.8. The van der Waals surface area contributed by atoms with Crippen molar-refractivity contribution in [2.24, 2.45) is 11.8 Å². The van der Waals surface area contributed by atoms with E-state index in [1.165, 1.54) is 16.2 Å². The molecule has 5 aliphatic rings. The number of amides is 2. The number of para-hydroxylation sites is 1. The maximum Gasteiger partial charge on any atom is 0.254 e. The molecule has 5 fully saturated rings. The van der Waals surface area contributed by atoms with Crippen molar-refractivity contribution in [2.75, 3.05) is 41.8 Å². The Labute approximate surface area is 461 Å². The maximum absolute atomic E-state index is 14.3. The number of ether oxygens (including phenoxy) is 3. The highest BCUT2D eigenvalue weighted by molar-refractivity contribution is 7.13. The van der Waals surface area contributed by atoms with E-state index in [-0.39, 0.29) is 84.5 Å². The highest BCUT2D eigenvalue weighted by Gasteiger charge is 2.45. The number of β-amino-alcohol motifs (C(OH)–C–C–N with tert-alkyl or cyclic N) is 1. The lowest BCUT2D eigenvalue weighted by Crippen LogP contribution is -2.54. The number of carbonyl (C=O) groups excluding carboxylic acids is 2.